The monoisotopic (exact) mass is 262 g/mol. The average Bonchev–Trinajstić information content (AvgIpc) is 2.09. The molecule has 74 valence electrons. The van der Waals surface area contributed by atoms with Crippen molar-refractivity contribution >= 4 is 27.5 Å². The summed E-state index contributed by atoms with van der Waals surface area (Å²) in [6.07, 6.45) is 1.11. The Balaban J connectivity index is 0.00000144. The van der Waals surface area contributed by atoms with Gasteiger partial charge in [-0.15, -0.1) is 0 Å². The molecule has 0 N–H and O–H groups in total. The van der Waals surface area contributed by atoms with Crippen LogP contribution in [0.15, 0.2) is 24.3 Å². The molecule has 1 atom stereocenters. The highest BCUT2D eigenvalue weighted by atomic mass is 79.9. The lowest BCUT2D eigenvalue weighted by molar-refractivity contribution is 0.663. The van der Waals surface area contributed by atoms with E-state index in [1.54, 1.807) is 0 Å². The van der Waals surface area contributed by atoms with E-state index in [0.717, 1.165) is 16.8 Å². The lowest BCUT2D eigenvalue weighted by atomic mass is 10.0. The Bertz CT molecular complexity index is 230. The fourth-order valence-corrected chi connectivity index (χ4v) is 1.43. The summed E-state index contributed by atoms with van der Waals surface area (Å²) in [5.41, 5.74) is 1.35. The summed E-state index contributed by atoms with van der Waals surface area (Å²) in [7, 11) is 0. The zero-order valence-corrected chi connectivity index (χ0v) is 9.40. The van der Waals surface area contributed by atoms with Gasteiger partial charge in [-0.25, -0.2) is 0 Å². The van der Waals surface area contributed by atoms with Gasteiger partial charge in [0.15, 0.2) is 0 Å². The molecule has 1 rings (SSSR count). The maximum Gasteiger partial charge on any atom is 0.0406 e. The number of hydrogen-bond donors (Lipinski definition) is 0. The van der Waals surface area contributed by atoms with Gasteiger partial charge >= 0.3 is 0 Å². The quantitative estimate of drug-likeness (QED) is 0.702. The van der Waals surface area contributed by atoms with E-state index in [4.69, 9.17) is 11.6 Å². The Kier molecular flexibility index (Phi) is 6.44. The molecule has 1 aromatic rings. The third-order valence-electron chi connectivity index (χ3n) is 1.76. The van der Waals surface area contributed by atoms with Gasteiger partial charge < -0.3 is 0 Å². The molecule has 0 nitrogen and oxygen atoms in total. The molecule has 0 bridgehead atoms. The zero-order valence-electron chi connectivity index (χ0n) is 7.06. The maximum absolute atomic E-state index is 5.77. The highest BCUT2D eigenvalue weighted by Crippen LogP contribution is 2.14. The van der Waals surface area contributed by atoms with Crippen molar-refractivity contribution in [2.45, 2.75) is 20.8 Å². The Labute approximate surface area is 94.4 Å². The van der Waals surface area contributed by atoms with E-state index < -0.39 is 0 Å². The van der Waals surface area contributed by atoms with Gasteiger partial charge in [-0.05, 0) is 30.0 Å². The van der Waals surface area contributed by atoms with Crippen LogP contribution in [0.25, 0.3) is 0 Å². The Morgan fingerprint density at radius 3 is 2.31 bits per heavy atom. The van der Waals surface area contributed by atoms with Gasteiger partial charge in [0.1, 0.15) is 0 Å². The maximum atomic E-state index is 5.77. The van der Waals surface area contributed by atoms with Gasteiger partial charge in [-0.2, -0.15) is 0 Å². The van der Waals surface area contributed by atoms with Crippen molar-refractivity contribution in [2.75, 3.05) is 5.33 Å². The molecule has 0 radical (unpaired) electrons. The minimum absolute atomic E-state index is 0. The summed E-state index contributed by atoms with van der Waals surface area (Å²) in [5, 5.41) is 1.86. The number of hydrogen-bond acceptors (Lipinski definition) is 0. The molecule has 0 aliphatic rings. The van der Waals surface area contributed by atoms with Crippen LogP contribution in [-0.4, -0.2) is 5.33 Å². The van der Waals surface area contributed by atoms with E-state index in [1.165, 1.54) is 5.56 Å². The summed E-state index contributed by atoms with van der Waals surface area (Å²) >= 11 is 9.23. The second-order valence-electron chi connectivity index (χ2n) is 3.09. The van der Waals surface area contributed by atoms with Crippen LogP contribution >= 0.6 is 27.5 Å². The van der Waals surface area contributed by atoms with Crippen molar-refractivity contribution < 1.29 is 0 Å². The number of rotatable bonds is 3. The fourth-order valence-electron chi connectivity index (χ4n) is 1.08. The van der Waals surface area contributed by atoms with Crippen LogP contribution in [0, 0.1) is 5.92 Å². The largest absolute Gasteiger partial charge is 0.0925 e. The molecule has 13 heavy (non-hydrogen) atoms. The predicted molar refractivity (Wildman–Crippen MR) is 64.8 cm³/mol. The molecule has 1 aromatic carbocycles. The summed E-state index contributed by atoms with van der Waals surface area (Å²) in [4.78, 5) is 0. The second-order valence-corrected chi connectivity index (χ2v) is 4.17. The van der Waals surface area contributed by atoms with Crippen LogP contribution in [-0.2, 0) is 6.42 Å². The Morgan fingerprint density at radius 2 is 1.85 bits per heavy atom. The summed E-state index contributed by atoms with van der Waals surface area (Å²) in [6, 6.07) is 8.05. The standard InChI is InChI=1S/C10H12BrCl.CH4/c1-8(7-11)6-9-2-4-10(12)5-3-9;/h2-5,8H,6-7H2,1H3;1H4/t8-;/m0./s1. The topological polar surface area (TPSA) is 0 Å². The van der Waals surface area contributed by atoms with Gasteiger partial charge in [-0.3, -0.25) is 0 Å². The van der Waals surface area contributed by atoms with Crippen LogP contribution in [0.5, 0.6) is 0 Å². The van der Waals surface area contributed by atoms with Crippen molar-refractivity contribution in [3.63, 3.8) is 0 Å². The molecule has 0 fully saturated rings. The van der Waals surface area contributed by atoms with Crippen LogP contribution in [0.1, 0.15) is 19.9 Å². The van der Waals surface area contributed by atoms with Crippen molar-refractivity contribution in [1.82, 2.24) is 0 Å². The molecule has 0 amide bonds. The van der Waals surface area contributed by atoms with Gasteiger partial charge in [-0.1, -0.05) is 54.0 Å². The number of benzene rings is 1. The molecule has 0 aliphatic carbocycles. The first-order valence-corrected chi connectivity index (χ1v) is 5.52. The lowest BCUT2D eigenvalue weighted by Crippen LogP contribution is -1.99. The molecule has 0 heterocycles. The van der Waals surface area contributed by atoms with Crippen LogP contribution in [0.2, 0.25) is 5.02 Å². The number of halogens is 2. The third kappa shape index (κ3) is 4.68. The molecule has 0 aromatic heterocycles. The Hall–Kier alpha value is -0.0100. The van der Waals surface area contributed by atoms with E-state index in [1.807, 2.05) is 12.1 Å². The predicted octanol–water partition coefficient (Wildman–Crippen LogP) is 4.55. The highest BCUT2D eigenvalue weighted by molar-refractivity contribution is 9.09. The first kappa shape index (κ1) is 13.0. The van der Waals surface area contributed by atoms with Crippen LogP contribution in [0.3, 0.4) is 0 Å². The zero-order chi connectivity index (χ0) is 8.97. The van der Waals surface area contributed by atoms with Crippen molar-refractivity contribution in [3.05, 3.63) is 34.9 Å². The molecular weight excluding hydrogens is 247 g/mol. The molecular formula is C11H16BrCl. The molecule has 2 heteroatoms. The minimum atomic E-state index is 0. The van der Waals surface area contributed by atoms with Crippen LogP contribution in [0.4, 0.5) is 0 Å². The first-order valence-electron chi connectivity index (χ1n) is 4.03. The SMILES string of the molecule is C.C[C@H](CBr)Cc1ccc(Cl)cc1. The van der Waals surface area contributed by atoms with Crippen LogP contribution < -0.4 is 0 Å². The fraction of sp³-hybridized carbons (Fsp3) is 0.455. The Morgan fingerprint density at radius 1 is 1.31 bits per heavy atom. The van der Waals surface area contributed by atoms with E-state index >= 15 is 0 Å². The van der Waals surface area contributed by atoms with E-state index in [9.17, 15) is 0 Å². The van der Waals surface area contributed by atoms with Crippen molar-refractivity contribution in [3.8, 4) is 0 Å². The van der Waals surface area contributed by atoms with Gasteiger partial charge in [0, 0.05) is 10.4 Å². The molecule has 0 unspecified atom stereocenters. The van der Waals surface area contributed by atoms with E-state index in [2.05, 4.69) is 35.0 Å². The normalized spacial score (nSPS) is 11.9. The van der Waals surface area contributed by atoms with Gasteiger partial charge in [0.25, 0.3) is 0 Å². The van der Waals surface area contributed by atoms with Crippen molar-refractivity contribution in [2.24, 2.45) is 5.92 Å². The lowest BCUT2D eigenvalue weighted by Gasteiger charge is -2.06. The summed E-state index contributed by atoms with van der Waals surface area (Å²) in [5.74, 6) is 0.686. The molecule has 0 saturated heterocycles. The third-order valence-corrected chi connectivity index (χ3v) is 3.12. The minimum Gasteiger partial charge on any atom is -0.0925 e. The van der Waals surface area contributed by atoms with E-state index in [0.29, 0.717) is 5.92 Å². The molecule has 0 spiro atoms. The average molecular weight is 264 g/mol. The second kappa shape index (κ2) is 6.44. The van der Waals surface area contributed by atoms with Gasteiger partial charge in [0.05, 0.1) is 0 Å². The molecule has 0 aliphatic heterocycles. The van der Waals surface area contributed by atoms with Gasteiger partial charge in [0.2, 0.25) is 0 Å². The number of alkyl halides is 1. The summed E-state index contributed by atoms with van der Waals surface area (Å²) in [6.45, 7) is 2.23. The smallest absolute Gasteiger partial charge is 0.0406 e. The van der Waals surface area contributed by atoms with E-state index in [-0.39, 0.29) is 7.43 Å². The highest BCUT2D eigenvalue weighted by Gasteiger charge is 2.00. The van der Waals surface area contributed by atoms with Crippen molar-refractivity contribution in [1.29, 1.82) is 0 Å². The molecule has 0 saturated carbocycles. The summed E-state index contributed by atoms with van der Waals surface area (Å²) < 4.78 is 0. The first-order chi connectivity index (χ1) is 5.72.